The van der Waals surface area contributed by atoms with Crippen LogP contribution in [0.3, 0.4) is 0 Å². The van der Waals surface area contributed by atoms with Gasteiger partial charge in [-0.15, -0.1) is 0 Å². The summed E-state index contributed by atoms with van der Waals surface area (Å²) < 4.78 is 0. The van der Waals surface area contributed by atoms with Gasteiger partial charge in [-0.3, -0.25) is 0 Å². The SMILES string of the molecule is c1ccc(-c2cccc(-c3ccccc3)c2[S][Bi]([S]c2c(-c3ccccc3)cccc2-c2ccccc2)[S]c2c(-c3ccccc3)cccc2-c2ccccc2)cc1. The Morgan fingerprint density at radius 1 is 0.190 bits per heavy atom. The molecule has 0 heterocycles. The van der Waals surface area contributed by atoms with E-state index in [9.17, 15) is 0 Å². The summed E-state index contributed by atoms with van der Waals surface area (Å²) in [4.78, 5) is 4.07. The molecule has 4 heteroatoms. The topological polar surface area (TPSA) is 0 Å². The molecule has 0 spiro atoms. The average molecular weight is 993 g/mol. The molecule has 9 rings (SSSR count). The zero-order chi connectivity index (χ0) is 38.9. The third-order valence-electron chi connectivity index (χ3n) is 10.1. The van der Waals surface area contributed by atoms with Crippen LogP contribution in [0.4, 0.5) is 0 Å². The van der Waals surface area contributed by atoms with Gasteiger partial charge in [0.2, 0.25) is 0 Å². The van der Waals surface area contributed by atoms with E-state index in [0.29, 0.717) is 0 Å². The molecule has 0 aliphatic rings. The van der Waals surface area contributed by atoms with Crippen molar-refractivity contribution < 1.29 is 0 Å². The first-order valence-corrected chi connectivity index (χ1v) is 34.5. The van der Waals surface area contributed by atoms with Gasteiger partial charge >= 0.3 is 361 Å². The van der Waals surface area contributed by atoms with Crippen LogP contribution >= 0.6 is 25.6 Å². The Morgan fingerprint density at radius 3 is 0.534 bits per heavy atom. The van der Waals surface area contributed by atoms with Crippen molar-refractivity contribution in [3.05, 3.63) is 237 Å². The first kappa shape index (κ1) is 38.4. The molecule has 278 valence electrons. The molecule has 0 bridgehead atoms. The summed E-state index contributed by atoms with van der Waals surface area (Å²) in [5, 5.41) is 0. The van der Waals surface area contributed by atoms with E-state index in [2.05, 4.69) is 262 Å². The van der Waals surface area contributed by atoms with Crippen molar-refractivity contribution >= 4 is 42.9 Å². The monoisotopic (exact) mass is 992 g/mol. The van der Waals surface area contributed by atoms with Gasteiger partial charge in [-0.05, 0) is 0 Å². The third kappa shape index (κ3) is 8.68. The molecule has 0 aliphatic carbocycles. The Labute approximate surface area is 357 Å². The predicted molar refractivity (Wildman–Crippen MR) is 255 cm³/mol. The molecule has 0 atom stereocenters. The Kier molecular flexibility index (Phi) is 12.4. The van der Waals surface area contributed by atoms with Crippen LogP contribution in [0.25, 0.3) is 66.8 Å². The van der Waals surface area contributed by atoms with Crippen molar-refractivity contribution in [1.29, 1.82) is 0 Å². The first-order chi connectivity index (χ1) is 28.8. The zero-order valence-corrected chi connectivity index (χ0v) is 37.6. The number of benzene rings is 9. The van der Waals surface area contributed by atoms with Crippen LogP contribution in [0.5, 0.6) is 0 Å². The molecule has 0 radical (unpaired) electrons. The van der Waals surface area contributed by atoms with Gasteiger partial charge in [0, 0.05) is 0 Å². The standard InChI is InChI=1S/3C18H14S.Bi/c3*19-18-16(14-8-3-1-4-9-14)12-7-13-17(18)15-10-5-2-6-11-15;/h3*1-13,19H;/q;;;+3/p-3. The average Bonchev–Trinajstić information content (AvgIpc) is 3.31. The quantitative estimate of drug-likeness (QED) is 0.112. The van der Waals surface area contributed by atoms with E-state index in [1.807, 2.05) is 0 Å². The number of hydrogen-bond acceptors (Lipinski definition) is 3. The molecule has 58 heavy (non-hydrogen) atoms. The second-order valence-corrected chi connectivity index (χ2v) is 39.3. The van der Waals surface area contributed by atoms with Gasteiger partial charge in [-0.2, -0.15) is 0 Å². The van der Waals surface area contributed by atoms with Crippen molar-refractivity contribution in [3.8, 4) is 66.8 Å². The van der Waals surface area contributed by atoms with Crippen LogP contribution in [0.15, 0.2) is 251 Å². The summed E-state index contributed by atoms with van der Waals surface area (Å²) in [6.07, 6.45) is 0. The Hall–Kier alpha value is -5.09. The van der Waals surface area contributed by atoms with Gasteiger partial charge in [-0.25, -0.2) is 0 Å². The summed E-state index contributed by atoms with van der Waals surface area (Å²) in [6, 6.07) is 86.3. The molecule has 0 saturated heterocycles. The van der Waals surface area contributed by atoms with Gasteiger partial charge < -0.3 is 0 Å². The molecule has 0 aliphatic heterocycles. The van der Waals surface area contributed by atoms with Crippen molar-refractivity contribution in [3.63, 3.8) is 0 Å². The van der Waals surface area contributed by atoms with Gasteiger partial charge in [0.15, 0.2) is 0 Å². The van der Waals surface area contributed by atoms with Gasteiger partial charge in [0.05, 0.1) is 0 Å². The van der Waals surface area contributed by atoms with E-state index in [-0.39, 0.29) is 0 Å². The molecule has 0 amide bonds. The van der Waals surface area contributed by atoms with Gasteiger partial charge in [-0.1, -0.05) is 0 Å². The molecule has 0 N–H and O–H groups in total. The molecule has 0 saturated carbocycles. The van der Waals surface area contributed by atoms with Crippen molar-refractivity contribution in [2.24, 2.45) is 0 Å². The fourth-order valence-corrected chi connectivity index (χ4v) is 37.6. The van der Waals surface area contributed by atoms with Crippen LogP contribution < -0.4 is 0 Å². The van der Waals surface area contributed by atoms with Crippen molar-refractivity contribution in [2.75, 3.05) is 0 Å². The summed E-state index contributed by atoms with van der Waals surface area (Å²) in [7, 11) is 6.50. The second kappa shape index (κ2) is 18.7. The number of rotatable bonds is 12. The van der Waals surface area contributed by atoms with Crippen LogP contribution in [0, 0.1) is 0 Å². The molecule has 0 fully saturated rings. The zero-order valence-electron chi connectivity index (χ0n) is 31.7. The summed E-state index contributed by atoms with van der Waals surface area (Å²) >= 11 is -3.03. The molecule has 9 aromatic carbocycles. The first-order valence-electron chi connectivity index (χ1n) is 19.4. The molecular weight excluding hydrogens is 954 g/mol. The maximum absolute atomic E-state index is 3.03. The van der Waals surface area contributed by atoms with E-state index < -0.39 is 17.4 Å². The van der Waals surface area contributed by atoms with Gasteiger partial charge in [0.25, 0.3) is 0 Å². The van der Waals surface area contributed by atoms with E-state index in [1.54, 1.807) is 0 Å². The second-order valence-electron chi connectivity index (χ2n) is 13.7. The Bertz CT molecular complexity index is 2250. The normalized spacial score (nSPS) is 11.1. The van der Waals surface area contributed by atoms with Gasteiger partial charge in [0.1, 0.15) is 0 Å². The molecule has 0 aromatic heterocycles. The van der Waals surface area contributed by atoms with Crippen LogP contribution in [0.1, 0.15) is 0 Å². The minimum absolute atomic E-state index is 1.24. The Morgan fingerprint density at radius 2 is 0.362 bits per heavy atom. The third-order valence-corrected chi connectivity index (χ3v) is 35.7. The van der Waals surface area contributed by atoms with E-state index in [1.165, 1.54) is 81.4 Å². The molecule has 0 nitrogen and oxygen atoms in total. The fourth-order valence-electron chi connectivity index (χ4n) is 7.26. The fraction of sp³-hybridized carbons (Fsp3) is 0. The summed E-state index contributed by atoms with van der Waals surface area (Å²) in [6.45, 7) is 0. The predicted octanol–water partition coefficient (Wildman–Crippen LogP) is 16.4. The van der Waals surface area contributed by atoms with E-state index in [4.69, 9.17) is 0 Å². The summed E-state index contributed by atoms with van der Waals surface area (Å²) in [5.74, 6) is 0. The van der Waals surface area contributed by atoms with E-state index in [0.717, 1.165) is 0 Å². The van der Waals surface area contributed by atoms with Crippen molar-refractivity contribution in [2.45, 2.75) is 14.7 Å². The number of hydrogen-bond donors (Lipinski definition) is 0. The molecule has 9 aromatic rings. The van der Waals surface area contributed by atoms with Crippen LogP contribution in [-0.4, -0.2) is 17.4 Å². The van der Waals surface area contributed by atoms with E-state index >= 15 is 0 Å². The van der Waals surface area contributed by atoms with Crippen LogP contribution in [0.2, 0.25) is 0 Å². The maximum atomic E-state index is 2.32. The minimum atomic E-state index is -3.03. The molecular formula is C54H39BiS3. The Balaban J connectivity index is 1.28. The van der Waals surface area contributed by atoms with Crippen molar-refractivity contribution in [1.82, 2.24) is 0 Å². The van der Waals surface area contributed by atoms with Crippen LogP contribution in [-0.2, 0) is 0 Å². The molecule has 0 unspecified atom stereocenters. The summed E-state index contributed by atoms with van der Waals surface area (Å²) in [5.41, 5.74) is 15.2.